The first kappa shape index (κ1) is 16.0. The SMILES string of the molecule is Cn1nnnc1SCC(=O)N1N=C(c2ccco2)CC1c1cccs1. The Kier molecular flexibility index (Phi) is 4.36. The van der Waals surface area contributed by atoms with Crippen LogP contribution >= 0.6 is 23.1 Å². The molecule has 0 saturated carbocycles. The number of thioether (sulfide) groups is 1. The maximum absolute atomic E-state index is 12.8. The number of hydrazone groups is 1. The van der Waals surface area contributed by atoms with E-state index in [4.69, 9.17) is 4.42 Å². The van der Waals surface area contributed by atoms with Crippen LogP contribution in [-0.2, 0) is 11.8 Å². The summed E-state index contributed by atoms with van der Waals surface area (Å²) in [4.78, 5) is 13.9. The van der Waals surface area contributed by atoms with Gasteiger partial charge < -0.3 is 4.42 Å². The van der Waals surface area contributed by atoms with Crippen LogP contribution in [0.25, 0.3) is 0 Å². The highest BCUT2D eigenvalue weighted by atomic mass is 32.2. The maximum atomic E-state index is 12.8. The van der Waals surface area contributed by atoms with E-state index in [0.717, 1.165) is 10.6 Å². The Hall–Kier alpha value is -2.46. The lowest BCUT2D eigenvalue weighted by Gasteiger charge is -2.20. The van der Waals surface area contributed by atoms with Crippen molar-refractivity contribution in [3.05, 3.63) is 46.5 Å². The molecule has 128 valence electrons. The zero-order valence-electron chi connectivity index (χ0n) is 13.3. The minimum Gasteiger partial charge on any atom is -0.463 e. The summed E-state index contributed by atoms with van der Waals surface area (Å²) in [7, 11) is 1.74. The lowest BCUT2D eigenvalue weighted by molar-refractivity contribution is -0.130. The van der Waals surface area contributed by atoms with Crippen molar-refractivity contribution < 1.29 is 9.21 Å². The third kappa shape index (κ3) is 3.22. The summed E-state index contributed by atoms with van der Waals surface area (Å²) in [6.07, 6.45) is 2.25. The summed E-state index contributed by atoms with van der Waals surface area (Å²) in [6, 6.07) is 7.58. The van der Waals surface area contributed by atoms with Gasteiger partial charge >= 0.3 is 0 Å². The molecule has 3 aromatic rings. The topological polar surface area (TPSA) is 89.4 Å². The first-order chi connectivity index (χ1) is 12.2. The van der Waals surface area contributed by atoms with Gasteiger partial charge in [0.25, 0.3) is 5.91 Å². The van der Waals surface area contributed by atoms with Crippen molar-refractivity contribution in [1.29, 1.82) is 0 Å². The highest BCUT2D eigenvalue weighted by molar-refractivity contribution is 7.99. The number of carbonyl (C=O) groups is 1. The van der Waals surface area contributed by atoms with Crippen LogP contribution in [0, 0.1) is 0 Å². The highest BCUT2D eigenvalue weighted by Gasteiger charge is 2.34. The number of hydrogen-bond acceptors (Lipinski definition) is 8. The van der Waals surface area contributed by atoms with E-state index in [1.165, 1.54) is 16.4 Å². The van der Waals surface area contributed by atoms with Crippen LogP contribution in [0.2, 0.25) is 0 Å². The molecule has 8 nitrogen and oxygen atoms in total. The van der Waals surface area contributed by atoms with Crippen LogP contribution < -0.4 is 0 Å². The van der Waals surface area contributed by atoms with E-state index in [2.05, 4.69) is 20.6 Å². The minimum absolute atomic E-state index is 0.0899. The molecule has 0 N–H and O–H groups in total. The molecule has 0 saturated heterocycles. The molecular formula is C15H14N6O2S2. The molecule has 1 aliphatic heterocycles. The van der Waals surface area contributed by atoms with Crippen molar-refractivity contribution in [2.45, 2.75) is 17.6 Å². The van der Waals surface area contributed by atoms with Crippen LogP contribution in [0.1, 0.15) is 23.1 Å². The molecule has 25 heavy (non-hydrogen) atoms. The van der Waals surface area contributed by atoms with Gasteiger partial charge in [-0.1, -0.05) is 17.8 Å². The third-order valence-electron chi connectivity index (χ3n) is 3.75. The fourth-order valence-electron chi connectivity index (χ4n) is 2.57. The Bertz CT molecular complexity index is 887. The van der Waals surface area contributed by atoms with Gasteiger partial charge in [-0.15, -0.1) is 16.4 Å². The smallest absolute Gasteiger partial charge is 0.253 e. The van der Waals surface area contributed by atoms with Gasteiger partial charge in [0.2, 0.25) is 5.16 Å². The van der Waals surface area contributed by atoms with Gasteiger partial charge in [0.05, 0.1) is 18.1 Å². The Labute approximate surface area is 151 Å². The maximum Gasteiger partial charge on any atom is 0.253 e. The Morgan fingerprint density at radius 3 is 3.04 bits per heavy atom. The summed E-state index contributed by atoms with van der Waals surface area (Å²) >= 11 is 2.91. The second-order valence-electron chi connectivity index (χ2n) is 5.37. The van der Waals surface area contributed by atoms with Gasteiger partial charge in [-0.25, -0.2) is 9.69 Å². The molecular weight excluding hydrogens is 360 g/mol. The molecule has 0 aromatic carbocycles. The molecule has 1 aliphatic rings. The fraction of sp³-hybridized carbons (Fsp3) is 0.267. The zero-order chi connectivity index (χ0) is 17.2. The van der Waals surface area contributed by atoms with E-state index in [0.29, 0.717) is 17.3 Å². The normalized spacial score (nSPS) is 17.1. The highest BCUT2D eigenvalue weighted by Crippen LogP contribution is 2.35. The lowest BCUT2D eigenvalue weighted by Crippen LogP contribution is -2.28. The van der Waals surface area contributed by atoms with Crippen molar-refractivity contribution >= 4 is 34.7 Å². The molecule has 1 amide bonds. The number of carbonyl (C=O) groups excluding carboxylic acids is 1. The summed E-state index contributed by atoms with van der Waals surface area (Å²) in [6.45, 7) is 0. The van der Waals surface area contributed by atoms with E-state index in [-0.39, 0.29) is 17.7 Å². The van der Waals surface area contributed by atoms with Crippen molar-refractivity contribution in [1.82, 2.24) is 25.2 Å². The molecule has 4 heterocycles. The van der Waals surface area contributed by atoms with Crippen molar-refractivity contribution in [3.63, 3.8) is 0 Å². The van der Waals surface area contributed by atoms with Gasteiger partial charge in [-0.3, -0.25) is 4.79 Å². The summed E-state index contributed by atoms with van der Waals surface area (Å²) in [5, 5.41) is 19.9. The largest absolute Gasteiger partial charge is 0.463 e. The molecule has 0 radical (unpaired) electrons. The summed E-state index contributed by atoms with van der Waals surface area (Å²) < 4.78 is 6.98. The van der Waals surface area contributed by atoms with E-state index in [1.54, 1.807) is 29.7 Å². The van der Waals surface area contributed by atoms with Crippen molar-refractivity contribution in [3.8, 4) is 0 Å². The third-order valence-corrected chi connectivity index (χ3v) is 5.72. The quantitative estimate of drug-likeness (QED) is 0.637. The summed E-state index contributed by atoms with van der Waals surface area (Å²) in [5.41, 5.74) is 0.780. The van der Waals surface area contributed by atoms with Gasteiger partial charge in [0.15, 0.2) is 0 Å². The molecule has 0 bridgehead atoms. The van der Waals surface area contributed by atoms with Gasteiger partial charge in [0.1, 0.15) is 11.5 Å². The minimum atomic E-state index is -0.106. The van der Waals surface area contributed by atoms with Crippen LogP contribution in [0.3, 0.4) is 0 Å². The number of aromatic nitrogens is 4. The first-order valence-corrected chi connectivity index (χ1v) is 9.41. The monoisotopic (exact) mass is 374 g/mol. The number of hydrogen-bond donors (Lipinski definition) is 0. The van der Waals surface area contributed by atoms with Crippen LogP contribution in [0.4, 0.5) is 0 Å². The predicted octanol–water partition coefficient (Wildman–Crippen LogP) is 2.33. The van der Waals surface area contributed by atoms with Crippen LogP contribution in [-0.4, -0.2) is 42.6 Å². The van der Waals surface area contributed by atoms with Gasteiger partial charge in [-0.2, -0.15) is 5.10 Å². The number of nitrogens with zero attached hydrogens (tertiary/aromatic N) is 6. The Morgan fingerprint density at radius 1 is 1.44 bits per heavy atom. The predicted molar refractivity (Wildman–Crippen MR) is 93.3 cm³/mol. The van der Waals surface area contributed by atoms with E-state index in [9.17, 15) is 4.79 Å². The summed E-state index contributed by atoms with van der Waals surface area (Å²) in [5.74, 6) is 0.820. The van der Waals surface area contributed by atoms with Crippen LogP contribution in [0.5, 0.6) is 0 Å². The Balaban J connectivity index is 1.55. The zero-order valence-corrected chi connectivity index (χ0v) is 14.9. The van der Waals surface area contributed by atoms with Gasteiger partial charge in [-0.05, 0) is 34.0 Å². The van der Waals surface area contributed by atoms with E-state index < -0.39 is 0 Å². The van der Waals surface area contributed by atoms with Crippen molar-refractivity contribution in [2.24, 2.45) is 12.1 Å². The van der Waals surface area contributed by atoms with Gasteiger partial charge in [0, 0.05) is 18.3 Å². The number of tetrazole rings is 1. The number of thiophene rings is 1. The number of amides is 1. The molecule has 1 atom stereocenters. The molecule has 0 spiro atoms. The standard InChI is InChI=1S/C15H14N6O2S2/c1-20-15(16-18-19-20)25-9-14(22)21-11(13-5-3-7-24-13)8-10(17-21)12-4-2-6-23-12/h2-7,11H,8-9H2,1H3. The lowest BCUT2D eigenvalue weighted by atomic mass is 10.1. The molecule has 0 aliphatic carbocycles. The Morgan fingerprint density at radius 2 is 2.36 bits per heavy atom. The molecule has 10 heteroatoms. The number of aryl methyl sites for hydroxylation is 1. The molecule has 4 rings (SSSR count). The number of furan rings is 1. The van der Waals surface area contributed by atoms with E-state index >= 15 is 0 Å². The molecule has 1 unspecified atom stereocenters. The average molecular weight is 374 g/mol. The first-order valence-electron chi connectivity index (χ1n) is 7.54. The number of rotatable bonds is 5. The fourth-order valence-corrected chi connectivity index (χ4v) is 4.08. The molecule has 0 fully saturated rings. The second kappa shape index (κ2) is 6.81. The average Bonchev–Trinajstić information content (AvgIpc) is 3.38. The van der Waals surface area contributed by atoms with Crippen molar-refractivity contribution in [2.75, 3.05) is 5.75 Å². The van der Waals surface area contributed by atoms with Crippen LogP contribution in [0.15, 0.2) is 50.6 Å². The van der Waals surface area contributed by atoms with E-state index in [1.807, 2.05) is 29.6 Å². The second-order valence-corrected chi connectivity index (χ2v) is 7.29. The molecule has 3 aromatic heterocycles.